The lowest BCUT2D eigenvalue weighted by Crippen LogP contribution is -2.48. The molecular weight excluding hydrogens is 259 g/mol. The summed E-state index contributed by atoms with van der Waals surface area (Å²) >= 11 is 6.07. The van der Waals surface area contributed by atoms with Crippen molar-refractivity contribution in [3.63, 3.8) is 0 Å². The molecule has 3 N–H and O–H groups in total. The van der Waals surface area contributed by atoms with Crippen molar-refractivity contribution in [3.05, 3.63) is 34.3 Å². The molecule has 1 aromatic rings. The van der Waals surface area contributed by atoms with Gasteiger partial charge in [0.1, 0.15) is 0 Å². The van der Waals surface area contributed by atoms with Gasteiger partial charge in [-0.05, 0) is 32.4 Å². The number of rotatable bonds is 3. The van der Waals surface area contributed by atoms with Crippen molar-refractivity contribution in [2.75, 3.05) is 6.54 Å². The van der Waals surface area contributed by atoms with Gasteiger partial charge in [0, 0.05) is 12.1 Å². The third-order valence-corrected chi connectivity index (χ3v) is 2.90. The molecule has 0 radical (unpaired) electrons. The average molecular weight is 277 g/mol. The topological polar surface area (TPSA) is 55.1 Å². The molecule has 3 nitrogen and oxygen atoms in total. The van der Waals surface area contributed by atoms with Crippen LogP contribution < -0.4 is 11.1 Å². The minimum atomic E-state index is -0.426. The monoisotopic (exact) mass is 276 g/mol. The van der Waals surface area contributed by atoms with Crippen molar-refractivity contribution in [3.8, 4) is 0 Å². The molecule has 1 amide bonds. The minimum absolute atomic E-state index is 0. The van der Waals surface area contributed by atoms with E-state index in [4.69, 9.17) is 17.3 Å². The molecular formula is C12H18Cl2N2O. The summed E-state index contributed by atoms with van der Waals surface area (Å²) in [4.78, 5) is 11.9. The van der Waals surface area contributed by atoms with Crippen LogP contribution in [0.15, 0.2) is 18.2 Å². The number of carbonyl (C=O) groups is 1. The highest BCUT2D eigenvalue weighted by Gasteiger charge is 2.20. The van der Waals surface area contributed by atoms with Crippen LogP contribution in [0, 0.1) is 6.92 Å². The summed E-state index contributed by atoms with van der Waals surface area (Å²) in [5, 5.41) is 3.34. The molecule has 0 heterocycles. The molecule has 5 heteroatoms. The second-order valence-electron chi connectivity index (χ2n) is 4.48. The first-order chi connectivity index (χ1) is 7.37. The summed E-state index contributed by atoms with van der Waals surface area (Å²) in [6.45, 7) is 5.98. The predicted octanol–water partition coefficient (Wildman–Crippen LogP) is 2.54. The lowest BCUT2D eigenvalue weighted by atomic mass is 10.0. The standard InChI is InChI=1S/C12H17ClN2O.ClH/c1-8-5-4-6-9(10(8)13)11(16)15-12(2,3)7-14;/h4-6H,7,14H2,1-3H3,(H,15,16);1H. The van der Waals surface area contributed by atoms with E-state index in [1.807, 2.05) is 32.9 Å². The van der Waals surface area contributed by atoms with Crippen molar-refractivity contribution in [2.24, 2.45) is 5.73 Å². The second-order valence-corrected chi connectivity index (χ2v) is 4.86. The van der Waals surface area contributed by atoms with E-state index >= 15 is 0 Å². The molecule has 1 aromatic carbocycles. The molecule has 0 bridgehead atoms. The van der Waals surface area contributed by atoms with Crippen molar-refractivity contribution in [2.45, 2.75) is 26.3 Å². The first-order valence-corrected chi connectivity index (χ1v) is 5.53. The molecule has 96 valence electrons. The van der Waals surface area contributed by atoms with E-state index in [-0.39, 0.29) is 18.3 Å². The first-order valence-electron chi connectivity index (χ1n) is 5.15. The lowest BCUT2D eigenvalue weighted by Gasteiger charge is -2.24. The van der Waals surface area contributed by atoms with Gasteiger partial charge in [-0.15, -0.1) is 12.4 Å². The predicted molar refractivity (Wildman–Crippen MR) is 74.0 cm³/mol. The fraction of sp³-hybridized carbons (Fsp3) is 0.417. The van der Waals surface area contributed by atoms with Crippen LogP contribution >= 0.6 is 24.0 Å². The molecule has 17 heavy (non-hydrogen) atoms. The zero-order chi connectivity index (χ0) is 12.3. The van der Waals surface area contributed by atoms with Crippen molar-refractivity contribution >= 4 is 29.9 Å². The van der Waals surface area contributed by atoms with Gasteiger partial charge in [0.25, 0.3) is 5.91 Å². The molecule has 0 fully saturated rings. The van der Waals surface area contributed by atoms with Gasteiger partial charge in [0.05, 0.1) is 10.6 Å². The maximum absolute atomic E-state index is 11.9. The van der Waals surface area contributed by atoms with Gasteiger partial charge in [-0.1, -0.05) is 23.7 Å². The summed E-state index contributed by atoms with van der Waals surface area (Å²) in [6.07, 6.45) is 0. The number of nitrogens with one attached hydrogen (secondary N) is 1. The van der Waals surface area contributed by atoms with E-state index in [1.54, 1.807) is 6.07 Å². The zero-order valence-corrected chi connectivity index (χ0v) is 11.8. The number of benzene rings is 1. The van der Waals surface area contributed by atoms with Gasteiger partial charge in [0.15, 0.2) is 0 Å². The van der Waals surface area contributed by atoms with Gasteiger partial charge in [0.2, 0.25) is 0 Å². The smallest absolute Gasteiger partial charge is 0.253 e. The normalized spacial score (nSPS) is 10.6. The Balaban J connectivity index is 0.00000256. The van der Waals surface area contributed by atoms with Crippen LogP contribution in [0.1, 0.15) is 29.8 Å². The van der Waals surface area contributed by atoms with Crippen molar-refractivity contribution in [1.29, 1.82) is 0 Å². The Labute approximate surface area is 113 Å². The Bertz CT molecular complexity index is 405. The molecule has 1 rings (SSSR count). The first kappa shape index (κ1) is 16.2. The van der Waals surface area contributed by atoms with Gasteiger partial charge in [-0.2, -0.15) is 0 Å². The van der Waals surface area contributed by atoms with Crippen LogP contribution in [-0.2, 0) is 0 Å². The molecule has 0 saturated carbocycles. The van der Waals surface area contributed by atoms with Gasteiger partial charge >= 0.3 is 0 Å². The molecule has 0 unspecified atom stereocenters. The van der Waals surface area contributed by atoms with E-state index in [1.165, 1.54) is 0 Å². The average Bonchev–Trinajstić information content (AvgIpc) is 2.21. The number of carbonyl (C=O) groups excluding carboxylic acids is 1. The van der Waals surface area contributed by atoms with E-state index in [9.17, 15) is 4.79 Å². The molecule has 0 aliphatic carbocycles. The Morgan fingerprint density at radius 3 is 2.59 bits per heavy atom. The van der Waals surface area contributed by atoms with Crippen LogP contribution in [0.5, 0.6) is 0 Å². The zero-order valence-electron chi connectivity index (χ0n) is 10.2. The number of aryl methyl sites for hydroxylation is 1. The van der Waals surface area contributed by atoms with Crippen LogP contribution in [0.4, 0.5) is 0 Å². The van der Waals surface area contributed by atoms with Gasteiger partial charge in [-0.25, -0.2) is 0 Å². The van der Waals surface area contributed by atoms with Gasteiger partial charge in [-0.3, -0.25) is 4.79 Å². The Morgan fingerprint density at radius 1 is 1.47 bits per heavy atom. The van der Waals surface area contributed by atoms with E-state index in [0.717, 1.165) is 5.56 Å². The Kier molecular flexibility index (Phi) is 5.96. The third-order valence-electron chi connectivity index (χ3n) is 2.40. The highest BCUT2D eigenvalue weighted by atomic mass is 35.5. The molecule has 0 aliphatic heterocycles. The van der Waals surface area contributed by atoms with E-state index in [0.29, 0.717) is 17.1 Å². The van der Waals surface area contributed by atoms with E-state index < -0.39 is 5.54 Å². The third kappa shape index (κ3) is 4.19. The maximum Gasteiger partial charge on any atom is 0.253 e. The Hall–Kier alpha value is -0.770. The van der Waals surface area contributed by atoms with Crippen LogP contribution in [0.25, 0.3) is 0 Å². The summed E-state index contributed by atoms with van der Waals surface area (Å²) in [6, 6.07) is 5.38. The van der Waals surface area contributed by atoms with Crippen LogP contribution in [0.2, 0.25) is 5.02 Å². The van der Waals surface area contributed by atoms with Crippen molar-refractivity contribution < 1.29 is 4.79 Å². The second kappa shape index (κ2) is 6.24. The number of halogens is 2. The summed E-state index contributed by atoms with van der Waals surface area (Å²) in [7, 11) is 0. The van der Waals surface area contributed by atoms with Crippen LogP contribution in [-0.4, -0.2) is 18.0 Å². The number of nitrogens with two attached hydrogens (primary N) is 1. The molecule has 0 spiro atoms. The number of hydrogen-bond donors (Lipinski definition) is 2. The van der Waals surface area contributed by atoms with Crippen LogP contribution in [0.3, 0.4) is 0 Å². The van der Waals surface area contributed by atoms with E-state index in [2.05, 4.69) is 5.32 Å². The highest BCUT2D eigenvalue weighted by Crippen LogP contribution is 2.20. The quantitative estimate of drug-likeness (QED) is 0.892. The van der Waals surface area contributed by atoms with Crippen molar-refractivity contribution in [1.82, 2.24) is 5.32 Å². The molecule has 0 saturated heterocycles. The fourth-order valence-corrected chi connectivity index (χ4v) is 1.46. The number of amides is 1. The molecule has 0 aliphatic rings. The molecule has 0 atom stereocenters. The summed E-state index contributed by atoms with van der Waals surface area (Å²) in [5.74, 6) is -0.191. The SMILES string of the molecule is Cc1cccc(C(=O)NC(C)(C)CN)c1Cl.Cl. The minimum Gasteiger partial charge on any atom is -0.346 e. The summed E-state index contributed by atoms with van der Waals surface area (Å²) < 4.78 is 0. The Morgan fingerprint density at radius 2 is 2.06 bits per heavy atom. The lowest BCUT2D eigenvalue weighted by molar-refractivity contribution is 0.0916. The largest absolute Gasteiger partial charge is 0.346 e. The fourth-order valence-electron chi connectivity index (χ4n) is 1.25. The summed E-state index contributed by atoms with van der Waals surface area (Å²) in [5.41, 5.74) is 6.50. The molecule has 0 aromatic heterocycles. The number of hydrogen-bond acceptors (Lipinski definition) is 2. The maximum atomic E-state index is 11.9. The van der Waals surface area contributed by atoms with Gasteiger partial charge < -0.3 is 11.1 Å². The highest BCUT2D eigenvalue weighted by molar-refractivity contribution is 6.34.